The van der Waals surface area contributed by atoms with Gasteiger partial charge in [-0.2, -0.15) is 0 Å². The second-order valence-electron chi connectivity index (χ2n) is 4.53. The molecule has 0 aliphatic carbocycles. The first-order valence-corrected chi connectivity index (χ1v) is 5.60. The maximum atomic E-state index is 5.63. The summed E-state index contributed by atoms with van der Waals surface area (Å²) in [4.78, 5) is 0. The van der Waals surface area contributed by atoms with E-state index >= 15 is 0 Å². The van der Waals surface area contributed by atoms with Crippen molar-refractivity contribution in [2.75, 3.05) is 6.61 Å². The van der Waals surface area contributed by atoms with E-state index in [1.807, 2.05) is 0 Å². The Balaban J connectivity index is 2.30. The van der Waals surface area contributed by atoms with Crippen molar-refractivity contribution in [3.05, 3.63) is 34.9 Å². The van der Waals surface area contributed by atoms with Gasteiger partial charge >= 0.3 is 0 Å². The molecule has 1 aromatic carbocycles. The fraction of sp³-hybridized carbons (Fsp3) is 0.538. The zero-order valence-corrected chi connectivity index (χ0v) is 9.71. The lowest BCUT2D eigenvalue weighted by Crippen LogP contribution is -2.34. The lowest BCUT2D eigenvalue weighted by molar-refractivity contribution is 0.0793. The van der Waals surface area contributed by atoms with Crippen LogP contribution in [0.25, 0.3) is 0 Å². The molecule has 1 unspecified atom stereocenters. The largest absolute Gasteiger partial charge is 0.375 e. The van der Waals surface area contributed by atoms with Crippen molar-refractivity contribution in [2.45, 2.75) is 39.5 Å². The van der Waals surface area contributed by atoms with Crippen LogP contribution in [0, 0.1) is 6.92 Å². The van der Waals surface area contributed by atoms with Gasteiger partial charge in [-0.25, -0.2) is 0 Å². The molecule has 1 aliphatic heterocycles. The second kappa shape index (κ2) is 4.33. The maximum Gasteiger partial charge on any atom is 0.0723 e. The molecular formula is C13H19NO. The van der Waals surface area contributed by atoms with Gasteiger partial charge in [0.2, 0.25) is 0 Å². The van der Waals surface area contributed by atoms with Crippen molar-refractivity contribution in [2.24, 2.45) is 0 Å². The van der Waals surface area contributed by atoms with E-state index in [0.717, 1.165) is 13.2 Å². The smallest absolute Gasteiger partial charge is 0.0723 e. The molecule has 82 valence electrons. The van der Waals surface area contributed by atoms with Gasteiger partial charge in [-0.15, -0.1) is 0 Å². The Hall–Kier alpha value is -0.860. The fourth-order valence-electron chi connectivity index (χ4n) is 2.16. The summed E-state index contributed by atoms with van der Waals surface area (Å²) in [6.07, 6.45) is 0. The number of benzene rings is 1. The van der Waals surface area contributed by atoms with E-state index in [9.17, 15) is 0 Å². The highest BCUT2D eigenvalue weighted by Gasteiger charge is 2.21. The average molecular weight is 205 g/mol. The number of nitrogens with one attached hydrogen (secondary N) is 1. The standard InChI is InChI=1S/C13H19NO/c1-9(2)14-13-8-15-7-12-10(3)5-4-6-11(12)13/h4-6,9,13-14H,7-8H2,1-3H3. The van der Waals surface area contributed by atoms with Gasteiger partial charge in [-0.3, -0.25) is 0 Å². The van der Waals surface area contributed by atoms with Crippen LogP contribution in [-0.2, 0) is 11.3 Å². The Kier molecular flexibility index (Phi) is 3.08. The zero-order valence-electron chi connectivity index (χ0n) is 9.71. The van der Waals surface area contributed by atoms with E-state index in [0.29, 0.717) is 12.1 Å². The minimum Gasteiger partial charge on any atom is -0.375 e. The summed E-state index contributed by atoms with van der Waals surface area (Å²) in [6, 6.07) is 7.35. The van der Waals surface area contributed by atoms with Crippen LogP contribution < -0.4 is 5.32 Å². The molecule has 1 aliphatic rings. The van der Waals surface area contributed by atoms with Crippen molar-refractivity contribution in [3.63, 3.8) is 0 Å². The second-order valence-corrected chi connectivity index (χ2v) is 4.53. The maximum absolute atomic E-state index is 5.63. The first-order chi connectivity index (χ1) is 7.18. The van der Waals surface area contributed by atoms with Gasteiger partial charge in [0, 0.05) is 6.04 Å². The molecule has 2 nitrogen and oxygen atoms in total. The number of fused-ring (bicyclic) bond motifs is 1. The van der Waals surface area contributed by atoms with Crippen LogP contribution in [0.5, 0.6) is 0 Å². The summed E-state index contributed by atoms with van der Waals surface area (Å²) >= 11 is 0. The van der Waals surface area contributed by atoms with Gasteiger partial charge in [0.25, 0.3) is 0 Å². The molecule has 15 heavy (non-hydrogen) atoms. The first kappa shape index (κ1) is 10.7. The molecule has 0 spiro atoms. The fourth-order valence-corrected chi connectivity index (χ4v) is 2.16. The van der Waals surface area contributed by atoms with Crippen LogP contribution in [0.2, 0.25) is 0 Å². The Morgan fingerprint density at radius 2 is 2.20 bits per heavy atom. The zero-order chi connectivity index (χ0) is 10.8. The summed E-state index contributed by atoms with van der Waals surface area (Å²) in [5, 5.41) is 3.54. The quantitative estimate of drug-likeness (QED) is 0.801. The molecule has 1 aromatic rings. The summed E-state index contributed by atoms with van der Waals surface area (Å²) in [5.74, 6) is 0. The number of ether oxygens (including phenoxy) is 1. The molecule has 0 amide bonds. The van der Waals surface area contributed by atoms with E-state index in [2.05, 4.69) is 44.3 Å². The van der Waals surface area contributed by atoms with E-state index in [4.69, 9.17) is 4.74 Å². The third-order valence-corrected chi connectivity index (χ3v) is 2.89. The molecule has 1 heterocycles. The Bertz CT molecular complexity index is 346. The lowest BCUT2D eigenvalue weighted by Gasteiger charge is -2.29. The van der Waals surface area contributed by atoms with Gasteiger partial charge in [-0.1, -0.05) is 32.0 Å². The minimum atomic E-state index is 0.355. The van der Waals surface area contributed by atoms with Gasteiger partial charge in [0.15, 0.2) is 0 Å². The molecule has 0 radical (unpaired) electrons. The van der Waals surface area contributed by atoms with Crippen LogP contribution in [0.15, 0.2) is 18.2 Å². The Morgan fingerprint density at radius 1 is 1.40 bits per heavy atom. The van der Waals surface area contributed by atoms with E-state index in [1.54, 1.807) is 0 Å². The molecule has 0 saturated heterocycles. The Labute approximate surface area is 91.6 Å². The molecule has 0 saturated carbocycles. The molecule has 0 aromatic heterocycles. The number of hydrogen-bond acceptors (Lipinski definition) is 2. The normalized spacial score (nSPS) is 20.4. The summed E-state index contributed by atoms with van der Waals surface area (Å²) < 4.78 is 5.63. The third kappa shape index (κ3) is 2.21. The lowest BCUT2D eigenvalue weighted by atomic mass is 9.95. The molecule has 1 N–H and O–H groups in total. The number of rotatable bonds is 2. The van der Waals surface area contributed by atoms with Crippen LogP contribution >= 0.6 is 0 Å². The third-order valence-electron chi connectivity index (χ3n) is 2.89. The van der Waals surface area contributed by atoms with E-state index in [-0.39, 0.29) is 0 Å². The predicted octanol–water partition coefficient (Wildman–Crippen LogP) is 2.56. The minimum absolute atomic E-state index is 0.355. The van der Waals surface area contributed by atoms with E-state index < -0.39 is 0 Å². The van der Waals surface area contributed by atoms with Crippen LogP contribution in [0.4, 0.5) is 0 Å². The first-order valence-electron chi connectivity index (χ1n) is 5.60. The monoisotopic (exact) mass is 205 g/mol. The van der Waals surface area contributed by atoms with Gasteiger partial charge in [0.05, 0.1) is 19.3 Å². The highest BCUT2D eigenvalue weighted by molar-refractivity contribution is 5.37. The number of hydrogen-bond donors (Lipinski definition) is 1. The number of aryl methyl sites for hydroxylation is 1. The molecule has 2 heteroatoms. The van der Waals surface area contributed by atoms with E-state index in [1.165, 1.54) is 16.7 Å². The molecular weight excluding hydrogens is 186 g/mol. The highest BCUT2D eigenvalue weighted by atomic mass is 16.5. The van der Waals surface area contributed by atoms with Gasteiger partial charge in [0.1, 0.15) is 0 Å². The van der Waals surface area contributed by atoms with Gasteiger partial charge < -0.3 is 10.1 Å². The molecule has 1 atom stereocenters. The van der Waals surface area contributed by atoms with Crippen LogP contribution in [-0.4, -0.2) is 12.6 Å². The average Bonchev–Trinajstić information content (AvgIpc) is 2.19. The molecule has 0 fully saturated rings. The van der Waals surface area contributed by atoms with Crippen molar-refractivity contribution < 1.29 is 4.74 Å². The van der Waals surface area contributed by atoms with Crippen LogP contribution in [0.1, 0.15) is 36.6 Å². The van der Waals surface area contributed by atoms with Crippen LogP contribution in [0.3, 0.4) is 0 Å². The molecule has 0 bridgehead atoms. The summed E-state index contributed by atoms with van der Waals surface area (Å²) in [7, 11) is 0. The van der Waals surface area contributed by atoms with Crippen molar-refractivity contribution in [1.29, 1.82) is 0 Å². The topological polar surface area (TPSA) is 21.3 Å². The SMILES string of the molecule is Cc1cccc2c1COCC2NC(C)C. The summed E-state index contributed by atoms with van der Waals surface area (Å²) in [6.45, 7) is 8.04. The van der Waals surface area contributed by atoms with Crippen molar-refractivity contribution in [1.82, 2.24) is 5.32 Å². The van der Waals surface area contributed by atoms with Gasteiger partial charge in [-0.05, 0) is 23.6 Å². The highest BCUT2D eigenvalue weighted by Crippen LogP contribution is 2.27. The van der Waals surface area contributed by atoms with Crippen molar-refractivity contribution in [3.8, 4) is 0 Å². The Morgan fingerprint density at radius 3 is 2.93 bits per heavy atom. The molecule has 2 rings (SSSR count). The summed E-state index contributed by atoms with van der Waals surface area (Å²) in [5.41, 5.74) is 4.11. The van der Waals surface area contributed by atoms with Crippen molar-refractivity contribution >= 4 is 0 Å². The predicted molar refractivity (Wildman–Crippen MR) is 61.8 cm³/mol.